The minimum Gasteiger partial charge on any atom is -0.341 e. The maximum atomic E-state index is 12.8. The zero-order chi connectivity index (χ0) is 13.7. The summed E-state index contributed by atoms with van der Waals surface area (Å²) in [6.45, 7) is 2.00. The summed E-state index contributed by atoms with van der Waals surface area (Å²) in [5.41, 5.74) is 3.11. The number of nitrogens with one attached hydrogen (secondary N) is 1. The lowest BCUT2D eigenvalue weighted by Crippen LogP contribution is -2.40. The van der Waals surface area contributed by atoms with E-state index in [9.17, 15) is 4.79 Å². The number of fused-ring (bicyclic) bond motifs is 2. The second kappa shape index (κ2) is 5.29. The molecule has 4 heteroatoms. The Bertz CT molecular complexity index is 555. The minimum atomic E-state index is 0. The van der Waals surface area contributed by atoms with E-state index in [1.54, 1.807) is 0 Å². The number of aryl methyl sites for hydroxylation is 1. The van der Waals surface area contributed by atoms with Crippen LogP contribution in [0, 0.1) is 5.92 Å². The van der Waals surface area contributed by atoms with Gasteiger partial charge in [-0.3, -0.25) is 4.79 Å². The Kier molecular flexibility index (Phi) is 3.74. The van der Waals surface area contributed by atoms with Crippen LogP contribution in [-0.4, -0.2) is 37.0 Å². The third-order valence-corrected chi connectivity index (χ3v) is 5.70. The largest absolute Gasteiger partial charge is 0.341 e. The molecule has 0 bridgehead atoms. The van der Waals surface area contributed by atoms with Crippen molar-refractivity contribution in [3.05, 3.63) is 35.4 Å². The van der Waals surface area contributed by atoms with Crippen molar-refractivity contribution in [2.24, 2.45) is 5.92 Å². The van der Waals surface area contributed by atoms with Gasteiger partial charge in [-0.25, -0.2) is 0 Å². The van der Waals surface area contributed by atoms with Gasteiger partial charge in [-0.15, -0.1) is 12.4 Å². The van der Waals surface area contributed by atoms with Crippen molar-refractivity contribution in [3.8, 4) is 0 Å². The molecule has 1 aromatic rings. The maximum Gasteiger partial charge on any atom is 0.226 e. The van der Waals surface area contributed by atoms with E-state index in [0.717, 1.165) is 32.4 Å². The van der Waals surface area contributed by atoms with Crippen molar-refractivity contribution in [3.63, 3.8) is 0 Å². The molecule has 3 aliphatic rings. The first kappa shape index (κ1) is 14.9. The molecule has 4 rings (SSSR count). The Morgan fingerprint density at radius 1 is 1.38 bits per heavy atom. The van der Waals surface area contributed by atoms with Gasteiger partial charge in [0.15, 0.2) is 0 Å². The highest BCUT2D eigenvalue weighted by atomic mass is 35.5. The number of carbonyl (C=O) groups excluding carboxylic acids is 1. The number of likely N-dealkylation sites (N-methyl/N-ethyl adjacent to an activating group) is 1. The monoisotopic (exact) mass is 306 g/mol. The number of hydrogen-bond acceptors (Lipinski definition) is 2. The lowest BCUT2D eigenvalue weighted by molar-refractivity contribution is -0.133. The Balaban J connectivity index is 0.00000132. The van der Waals surface area contributed by atoms with Gasteiger partial charge < -0.3 is 10.2 Å². The zero-order valence-electron chi connectivity index (χ0n) is 12.5. The predicted molar refractivity (Wildman–Crippen MR) is 85.8 cm³/mol. The predicted octanol–water partition coefficient (Wildman–Crippen LogP) is 2.13. The molecule has 3 unspecified atom stereocenters. The van der Waals surface area contributed by atoms with Crippen molar-refractivity contribution in [1.82, 2.24) is 10.2 Å². The van der Waals surface area contributed by atoms with Crippen molar-refractivity contribution in [1.29, 1.82) is 0 Å². The molecule has 114 valence electrons. The third-order valence-electron chi connectivity index (χ3n) is 5.70. The first-order chi connectivity index (χ1) is 9.72. The van der Waals surface area contributed by atoms with Crippen LogP contribution in [0.15, 0.2) is 24.3 Å². The molecule has 2 fully saturated rings. The smallest absolute Gasteiger partial charge is 0.226 e. The van der Waals surface area contributed by atoms with Crippen LogP contribution in [-0.2, 0) is 16.6 Å². The summed E-state index contributed by atoms with van der Waals surface area (Å²) in [7, 11) is 1.99. The number of carbonyl (C=O) groups is 1. The molecule has 1 saturated carbocycles. The SMILES string of the molecule is CN(C(=O)C1CC12CCc1ccccc12)C1CCNC1.Cl. The quantitative estimate of drug-likeness (QED) is 0.908. The highest BCUT2D eigenvalue weighted by Gasteiger charge is 2.62. The summed E-state index contributed by atoms with van der Waals surface area (Å²) in [5.74, 6) is 0.604. The zero-order valence-corrected chi connectivity index (χ0v) is 13.3. The molecule has 1 saturated heterocycles. The van der Waals surface area contributed by atoms with Crippen molar-refractivity contribution >= 4 is 18.3 Å². The van der Waals surface area contributed by atoms with Crippen LogP contribution in [0.1, 0.15) is 30.4 Å². The molecule has 3 atom stereocenters. The van der Waals surface area contributed by atoms with Crippen LogP contribution in [0.25, 0.3) is 0 Å². The van der Waals surface area contributed by atoms with Gasteiger partial charge in [0.1, 0.15) is 0 Å². The number of rotatable bonds is 2. The van der Waals surface area contributed by atoms with Crippen LogP contribution < -0.4 is 5.32 Å². The highest BCUT2D eigenvalue weighted by molar-refractivity contribution is 5.85. The molecule has 2 aliphatic carbocycles. The molecule has 0 radical (unpaired) electrons. The molecule has 1 heterocycles. The summed E-state index contributed by atoms with van der Waals surface area (Å²) in [4.78, 5) is 14.8. The fourth-order valence-corrected chi connectivity index (χ4v) is 4.32. The summed E-state index contributed by atoms with van der Waals surface area (Å²) in [5, 5.41) is 3.35. The van der Waals surface area contributed by atoms with Gasteiger partial charge in [-0.2, -0.15) is 0 Å². The normalized spacial score (nSPS) is 32.6. The average molecular weight is 307 g/mol. The molecular formula is C17H23ClN2O. The van der Waals surface area contributed by atoms with Crippen molar-refractivity contribution < 1.29 is 4.79 Å². The third kappa shape index (κ3) is 2.18. The highest BCUT2D eigenvalue weighted by Crippen LogP contribution is 2.62. The Labute approximate surface area is 132 Å². The Morgan fingerprint density at radius 3 is 2.95 bits per heavy atom. The van der Waals surface area contributed by atoms with Gasteiger partial charge in [-0.05, 0) is 43.4 Å². The van der Waals surface area contributed by atoms with Gasteiger partial charge in [0, 0.05) is 31.0 Å². The van der Waals surface area contributed by atoms with Crippen LogP contribution in [0.4, 0.5) is 0 Å². The topological polar surface area (TPSA) is 32.3 Å². The maximum absolute atomic E-state index is 12.8. The summed E-state index contributed by atoms with van der Waals surface area (Å²) < 4.78 is 0. The number of benzene rings is 1. The van der Waals surface area contributed by atoms with E-state index in [-0.39, 0.29) is 23.7 Å². The fraction of sp³-hybridized carbons (Fsp3) is 0.588. The van der Waals surface area contributed by atoms with Crippen molar-refractivity contribution in [2.45, 2.75) is 37.1 Å². The van der Waals surface area contributed by atoms with Gasteiger partial charge in [-0.1, -0.05) is 24.3 Å². The molecule has 21 heavy (non-hydrogen) atoms. The molecule has 1 amide bonds. The van der Waals surface area contributed by atoms with E-state index in [1.807, 2.05) is 11.9 Å². The molecule has 1 spiro atoms. The molecule has 1 aromatic carbocycles. The summed E-state index contributed by atoms with van der Waals surface area (Å²) >= 11 is 0. The summed E-state index contributed by atoms with van der Waals surface area (Å²) in [6, 6.07) is 9.11. The second-order valence-electron chi connectivity index (χ2n) is 6.67. The summed E-state index contributed by atoms with van der Waals surface area (Å²) in [6.07, 6.45) is 4.47. The molecule has 0 aromatic heterocycles. The first-order valence-corrected chi connectivity index (χ1v) is 7.78. The number of halogens is 1. The van der Waals surface area contributed by atoms with E-state index in [2.05, 4.69) is 29.6 Å². The Morgan fingerprint density at radius 2 is 2.19 bits per heavy atom. The number of nitrogens with zero attached hydrogens (tertiary/aromatic N) is 1. The van der Waals surface area contributed by atoms with Gasteiger partial charge in [0.25, 0.3) is 0 Å². The van der Waals surface area contributed by atoms with Gasteiger partial charge in [0.2, 0.25) is 5.91 Å². The second-order valence-corrected chi connectivity index (χ2v) is 6.67. The van der Waals surface area contributed by atoms with Crippen LogP contribution >= 0.6 is 12.4 Å². The van der Waals surface area contributed by atoms with Crippen LogP contribution in [0.5, 0.6) is 0 Å². The standard InChI is InChI=1S/C17H22N2O.ClH/c1-19(13-7-9-18-11-13)16(20)15-10-17(15)8-6-12-4-2-3-5-14(12)17;/h2-5,13,15,18H,6-11H2,1H3;1H. The van der Waals surface area contributed by atoms with Gasteiger partial charge in [0.05, 0.1) is 0 Å². The van der Waals surface area contributed by atoms with Crippen LogP contribution in [0.3, 0.4) is 0 Å². The van der Waals surface area contributed by atoms with Gasteiger partial charge >= 0.3 is 0 Å². The van der Waals surface area contributed by atoms with E-state index in [1.165, 1.54) is 17.5 Å². The lowest BCUT2D eigenvalue weighted by Gasteiger charge is -2.25. The molecule has 3 nitrogen and oxygen atoms in total. The number of amides is 1. The van der Waals surface area contributed by atoms with E-state index in [0.29, 0.717) is 11.9 Å². The average Bonchev–Trinajstić information content (AvgIpc) is 2.84. The van der Waals surface area contributed by atoms with E-state index < -0.39 is 0 Å². The van der Waals surface area contributed by atoms with Crippen LogP contribution in [0.2, 0.25) is 0 Å². The Hall–Kier alpha value is -1.06. The fourth-order valence-electron chi connectivity index (χ4n) is 4.32. The van der Waals surface area contributed by atoms with E-state index in [4.69, 9.17) is 0 Å². The van der Waals surface area contributed by atoms with Crippen molar-refractivity contribution in [2.75, 3.05) is 20.1 Å². The minimum absolute atomic E-state index is 0. The molecular weight excluding hydrogens is 284 g/mol. The first-order valence-electron chi connectivity index (χ1n) is 7.78. The molecule has 1 N–H and O–H groups in total. The number of hydrogen-bond donors (Lipinski definition) is 1. The molecule has 1 aliphatic heterocycles. The van der Waals surface area contributed by atoms with E-state index >= 15 is 0 Å². The lowest BCUT2D eigenvalue weighted by atomic mass is 9.95.